The topological polar surface area (TPSA) is 58.4 Å². The van der Waals surface area contributed by atoms with E-state index in [9.17, 15) is 4.79 Å². The van der Waals surface area contributed by atoms with Crippen molar-refractivity contribution in [3.8, 4) is 5.69 Å². The molecular formula is C21H21IN4O. The molecule has 2 amide bonds. The fraction of sp³-hybridized carbons (Fsp3) is 0.143. The summed E-state index contributed by atoms with van der Waals surface area (Å²) in [5.74, 6) is 0. The molecule has 138 valence electrons. The Morgan fingerprint density at radius 2 is 1.78 bits per heavy atom. The Morgan fingerprint density at radius 3 is 2.48 bits per heavy atom. The third-order valence-electron chi connectivity index (χ3n) is 4.32. The number of urea groups is 1. The van der Waals surface area contributed by atoms with Crippen LogP contribution in [-0.4, -0.2) is 16.8 Å². The van der Waals surface area contributed by atoms with Crippen molar-refractivity contribution in [3.63, 3.8) is 0 Å². The van der Waals surface area contributed by atoms with Gasteiger partial charge in [-0.25, -0.2) is 10.2 Å². The predicted molar refractivity (Wildman–Crippen MR) is 119 cm³/mol. The summed E-state index contributed by atoms with van der Waals surface area (Å²) in [7, 11) is 0. The maximum absolute atomic E-state index is 12.0. The smallest absolute Gasteiger partial charge is 0.318 e. The van der Waals surface area contributed by atoms with Crippen LogP contribution in [0, 0.1) is 24.3 Å². The highest BCUT2D eigenvalue weighted by molar-refractivity contribution is 14.1. The molecule has 0 saturated heterocycles. The number of aryl methyl sites for hydroxylation is 2. The van der Waals surface area contributed by atoms with Gasteiger partial charge < -0.3 is 9.88 Å². The number of nitrogens with zero attached hydrogens (tertiary/aromatic N) is 2. The zero-order valence-electron chi connectivity index (χ0n) is 15.5. The first-order chi connectivity index (χ1) is 13.0. The molecule has 2 N–H and O–H groups in total. The molecule has 27 heavy (non-hydrogen) atoms. The molecule has 0 atom stereocenters. The number of hydrogen-bond donors (Lipinski definition) is 2. The summed E-state index contributed by atoms with van der Waals surface area (Å²) in [4.78, 5) is 12.0. The van der Waals surface area contributed by atoms with Crippen LogP contribution < -0.4 is 10.7 Å². The van der Waals surface area contributed by atoms with Gasteiger partial charge in [0.1, 0.15) is 0 Å². The van der Waals surface area contributed by atoms with E-state index >= 15 is 0 Å². The van der Waals surface area contributed by atoms with Crippen molar-refractivity contribution in [2.75, 3.05) is 5.32 Å². The van der Waals surface area contributed by atoms with Crippen molar-refractivity contribution in [2.45, 2.75) is 20.8 Å². The van der Waals surface area contributed by atoms with E-state index in [1.807, 2.05) is 38.1 Å². The number of carbonyl (C=O) groups excluding carboxylic acids is 1. The van der Waals surface area contributed by atoms with Gasteiger partial charge >= 0.3 is 6.03 Å². The van der Waals surface area contributed by atoms with Crippen LogP contribution in [0.5, 0.6) is 0 Å². The van der Waals surface area contributed by atoms with Gasteiger partial charge in [-0.05, 0) is 85.3 Å². The summed E-state index contributed by atoms with van der Waals surface area (Å²) in [5, 5.41) is 6.88. The number of benzene rings is 2. The molecule has 2 aromatic carbocycles. The number of amides is 2. The van der Waals surface area contributed by atoms with Crippen molar-refractivity contribution in [1.82, 2.24) is 9.99 Å². The van der Waals surface area contributed by atoms with Crippen LogP contribution in [0.4, 0.5) is 10.5 Å². The van der Waals surface area contributed by atoms with E-state index in [0.717, 1.165) is 33.9 Å². The highest BCUT2D eigenvalue weighted by Gasteiger charge is 2.09. The highest BCUT2D eigenvalue weighted by Crippen LogP contribution is 2.20. The number of halogens is 1. The summed E-state index contributed by atoms with van der Waals surface area (Å²) < 4.78 is 3.37. The zero-order valence-corrected chi connectivity index (χ0v) is 17.6. The summed E-state index contributed by atoms with van der Waals surface area (Å²) in [5.41, 5.74) is 8.53. The molecule has 5 nitrogen and oxygen atoms in total. The average Bonchev–Trinajstić information content (AvgIpc) is 2.92. The summed E-state index contributed by atoms with van der Waals surface area (Å²) in [6.07, 6.45) is 1.67. The molecule has 0 fully saturated rings. The first kappa shape index (κ1) is 19.2. The number of rotatable bonds is 4. The molecule has 3 rings (SSSR count). The SMILES string of the molecule is Cc1ccccc1NC(=O)NN=Cc1cc(C)n(-c2ccc(I)cc2)c1C. The lowest BCUT2D eigenvalue weighted by molar-refractivity contribution is 0.252. The lowest BCUT2D eigenvalue weighted by atomic mass is 10.2. The first-order valence-electron chi connectivity index (χ1n) is 8.56. The van der Waals surface area contributed by atoms with Crippen molar-refractivity contribution in [3.05, 3.63) is 80.7 Å². The maximum atomic E-state index is 12.0. The normalized spacial score (nSPS) is 11.0. The van der Waals surface area contributed by atoms with E-state index < -0.39 is 0 Å². The Kier molecular flexibility index (Phi) is 5.95. The minimum absolute atomic E-state index is 0.369. The van der Waals surface area contributed by atoms with Gasteiger partial charge in [-0.3, -0.25) is 0 Å². The van der Waals surface area contributed by atoms with Gasteiger partial charge in [0, 0.05) is 31.9 Å². The standard InChI is InChI=1S/C21H21IN4O/c1-14-6-4-5-7-20(14)24-21(27)25-23-13-17-12-15(2)26(16(17)3)19-10-8-18(22)9-11-19/h4-13H,1-3H3,(H2,24,25,27). The number of nitrogens with one attached hydrogen (secondary N) is 2. The van der Waals surface area contributed by atoms with E-state index in [0.29, 0.717) is 0 Å². The van der Waals surface area contributed by atoms with Gasteiger partial charge in [-0.2, -0.15) is 5.10 Å². The van der Waals surface area contributed by atoms with E-state index in [2.05, 4.69) is 80.3 Å². The van der Waals surface area contributed by atoms with E-state index in [4.69, 9.17) is 0 Å². The molecule has 1 aromatic heterocycles. The minimum atomic E-state index is -0.369. The monoisotopic (exact) mass is 472 g/mol. The van der Waals surface area contributed by atoms with Crippen LogP contribution in [0.25, 0.3) is 5.69 Å². The van der Waals surface area contributed by atoms with Crippen LogP contribution in [0.2, 0.25) is 0 Å². The number of carbonyl (C=O) groups is 1. The average molecular weight is 472 g/mol. The third kappa shape index (κ3) is 4.57. The zero-order chi connectivity index (χ0) is 19.4. The fourth-order valence-electron chi connectivity index (χ4n) is 2.93. The van der Waals surface area contributed by atoms with E-state index in [-0.39, 0.29) is 6.03 Å². The molecule has 0 aliphatic heterocycles. The predicted octanol–water partition coefficient (Wildman–Crippen LogP) is 5.16. The van der Waals surface area contributed by atoms with Crippen LogP contribution in [0.1, 0.15) is 22.5 Å². The fourth-order valence-corrected chi connectivity index (χ4v) is 3.29. The number of aromatic nitrogens is 1. The largest absolute Gasteiger partial charge is 0.339 e. The quantitative estimate of drug-likeness (QED) is 0.308. The lowest BCUT2D eigenvalue weighted by Crippen LogP contribution is -2.24. The molecular weight excluding hydrogens is 451 g/mol. The highest BCUT2D eigenvalue weighted by atomic mass is 127. The molecule has 0 aliphatic rings. The number of para-hydroxylation sites is 1. The van der Waals surface area contributed by atoms with Gasteiger partial charge in [-0.15, -0.1) is 0 Å². The Hall–Kier alpha value is -2.61. The summed E-state index contributed by atoms with van der Waals surface area (Å²) in [6, 6.07) is 17.6. The van der Waals surface area contributed by atoms with Crippen molar-refractivity contribution >= 4 is 40.5 Å². The third-order valence-corrected chi connectivity index (χ3v) is 5.04. The molecule has 0 bridgehead atoms. The van der Waals surface area contributed by atoms with Gasteiger partial charge in [0.2, 0.25) is 0 Å². The van der Waals surface area contributed by atoms with Crippen molar-refractivity contribution in [1.29, 1.82) is 0 Å². The van der Waals surface area contributed by atoms with Crippen LogP contribution in [0.15, 0.2) is 59.7 Å². The summed E-state index contributed by atoms with van der Waals surface area (Å²) in [6.45, 7) is 6.04. The Bertz CT molecular complexity index is 990. The van der Waals surface area contributed by atoms with Crippen LogP contribution in [-0.2, 0) is 0 Å². The van der Waals surface area contributed by atoms with Crippen LogP contribution in [0.3, 0.4) is 0 Å². The van der Waals surface area contributed by atoms with Gasteiger partial charge in [0.05, 0.1) is 6.21 Å². The molecule has 0 saturated carbocycles. The van der Waals surface area contributed by atoms with Crippen molar-refractivity contribution < 1.29 is 4.79 Å². The van der Waals surface area contributed by atoms with Crippen molar-refractivity contribution in [2.24, 2.45) is 5.10 Å². The second-order valence-electron chi connectivity index (χ2n) is 6.28. The Labute approximate surface area is 172 Å². The number of hydrogen-bond acceptors (Lipinski definition) is 2. The second kappa shape index (κ2) is 8.39. The second-order valence-corrected chi connectivity index (χ2v) is 7.52. The lowest BCUT2D eigenvalue weighted by Gasteiger charge is -2.09. The maximum Gasteiger partial charge on any atom is 0.339 e. The first-order valence-corrected chi connectivity index (χ1v) is 9.64. The van der Waals surface area contributed by atoms with Gasteiger partial charge in [0.15, 0.2) is 0 Å². The number of anilines is 1. The molecule has 0 aliphatic carbocycles. The number of hydrazone groups is 1. The molecule has 6 heteroatoms. The van der Waals surface area contributed by atoms with E-state index in [1.54, 1.807) is 6.21 Å². The van der Waals surface area contributed by atoms with E-state index in [1.165, 1.54) is 3.57 Å². The molecule has 0 radical (unpaired) electrons. The molecule has 0 spiro atoms. The molecule has 1 heterocycles. The van der Waals surface area contributed by atoms with Crippen LogP contribution >= 0.6 is 22.6 Å². The molecule has 0 unspecified atom stereocenters. The van der Waals surface area contributed by atoms with Gasteiger partial charge in [-0.1, -0.05) is 18.2 Å². The minimum Gasteiger partial charge on any atom is -0.318 e. The molecule has 3 aromatic rings. The Balaban J connectivity index is 1.71. The summed E-state index contributed by atoms with van der Waals surface area (Å²) >= 11 is 2.30. The Morgan fingerprint density at radius 1 is 1.07 bits per heavy atom. The van der Waals surface area contributed by atoms with Gasteiger partial charge in [0.25, 0.3) is 0 Å².